The molecule has 100 valence electrons. The summed E-state index contributed by atoms with van der Waals surface area (Å²) in [5.41, 5.74) is 0.167. The van der Waals surface area contributed by atoms with Crippen LogP contribution in [0.2, 0.25) is 0 Å². The lowest BCUT2D eigenvalue weighted by molar-refractivity contribution is 0.279. The maximum Gasteiger partial charge on any atom is 0.198 e. The number of halogens is 2. The van der Waals surface area contributed by atoms with Crippen molar-refractivity contribution in [3.8, 4) is 11.5 Å². The Labute approximate surface area is 114 Å². The Hall–Kier alpha value is -1.59. The summed E-state index contributed by atoms with van der Waals surface area (Å²) in [5, 5.41) is 8.87. The van der Waals surface area contributed by atoms with Gasteiger partial charge < -0.3 is 9.84 Å². The summed E-state index contributed by atoms with van der Waals surface area (Å²) in [6, 6.07) is 9.11. The van der Waals surface area contributed by atoms with Crippen molar-refractivity contribution in [2.75, 3.05) is 6.26 Å². The van der Waals surface area contributed by atoms with Crippen molar-refractivity contribution >= 4 is 11.8 Å². The second kappa shape index (κ2) is 6.04. The second-order valence-corrected chi connectivity index (χ2v) is 4.65. The topological polar surface area (TPSA) is 29.5 Å². The van der Waals surface area contributed by atoms with Gasteiger partial charge in [0.25, 0.3) is 0 Å². The van der Waals surface area contributed by atoms with Gasteiger partial charge in [-0.15, -0.1) is 11.8 Å². The number of benzene rings is 2. The first-order chi connectivity index (χ1) is 9.15. The van der Waals surface area contributed by atoms with E-state index < -0.39 is 24.0 Å². The van der Waals surface area contributed by atoms with Gasteiger partial charge in [0.1, 0.15) is 5.75 Å². The smallest absolute Gasteiger partial charge is 0.198 e. The molecule has 0 fully saturated rings. The SMILES string of the molecule is CSc1ccccc1Oc1c(F)cc(CO)cc1F. The number of para-hydroxylation sites is 1. The van der Waals surface area contributed by atoms with E-state index >= 15 is 0 Å². The van der Waals surface area contributed by atoms with E-state index in [1.165, 1.54) is 11.8 Å². The van der Waals surface area contributed by atoms with E-state index in [1.807, 2.05) is 12.3 Å². The highest BCUT2D eigenvalue weighted by Gasteiger charge is 2.14. The zero-order valence-corrected chi connectivity index (χ0v) is 11.0. The number of hydrogen-bond acceptors (Lipinski definition) is 3. The predicted molar refractivity (Wildman–Crippen MR) is 70.6 cm³/mol. The van der Waals surface area contributed by atoms with Gasteiger partial charge in [0.05, 0.1) is 6.61 Å². The molecule has 0 aliphatic rings. The van der Waals surface area contributed by atoms with E-state index in [-0.39, 0.29) is 5.56 Å². The minimum absolute atomic E-state index is 0.167. The van der Waals surface area contributed by atoms with Crippen molar-refractivity contribution in [2.45, 2.75) is 11.5 Å². The molecule has 0 aromatic heterocycles. The average molecular weight is 282 g/mol. The zero-order valence-electron chi connectivity index (χ0n) is 10.2. The fraction of sp³-hybridized carbons (Fsp3) is 0.143. The zero-order chi connectivity index (χ0) is 13.8. The normalized spacial score (nSPS) is 10.5. The van der Waals surface area contributed by atoms with E-state index in [1.54, 1.807) is 18.2 Å². The minimum Gasteiger partial charge on any atom is -0.450 e. The Balaban J connectivity index is 2.38. The molecule has 0 aliphatic heterocycles. The van der Waals surface area contributed by atoms with Gasteiger partial charge in [0.2, 0.25) is 0 Å². The molecule has 0 spiro atoms. The molecular weight excluding hydrogens is 270 g/mol. The van der Waals surface area contributed by atoms with Crippen LogP contribution in [-0.4, -0.2) is 11.4 Å². The predicted octanol–water partition coefficient (Wildman–Crippen LogP) is 3.97. The molecule has 2 aromatic rings. The van der Waals surface area contributed by atoms with Crippen LogP contribution in [0.1, 0.15) is 5.56 Å². The summed E-state index contributed by atoms with van der Waals surface area (Å²) in [5.74, 6) is -1.73. The molecule has 2 aromatic carbocycles. The van der Waals surface area contributed by atoms with Crippen molar-refractivity contribution in [3.63, 3.8) is 0 Å². The van der Waals surface area contributed by atoms with E-state index in [0.717, 1.165) is 17.0 Å². The van der Waals surface area contributed by atoms with Crippen LogP contribution in [-0.2, 0) is 6.61 Å². The Morgan fingerprint density at radius 1 is 1.16 bits per heavy atom. The third kappa shape index (κ3) is 3.05. The molecule has 0 heterocycles. The van der Waals surface area contributed by atoms with Gasteiger partial charge in [-0.05, 0) is 36.1 Å². The van der Waals surface area contributed by atoms with Crippen molar-refractivity contribution in [1.82, 2.24) is 0 Å². The van der Waals surface area contributed by atoms with E-state index in [9.17, 15) is 8.78 Å². The standard InChI is InChI=1S/C14H12F2O2S/c1-19-13-5-3-2-4-12(13)18-14-10(15)6-9(8-17)7-11(14)16/h2-7,17H,8H2,1H3. The van der Waals surface area contributed by atoms with Crippen molar-refractivity contribution in [1.29, 1.82) is 0 Å². The Kier molecular flexibility index (Phi) is 4.39. The summed E-state index contributed by atoms with van der Waals surface area (Å²) in [6.07, 6.45) is 1.85. The highest BCUT2D eigenvalue weighted by molar-refractivity contribution is 7.98. The number of aliphatic hydroxyl groups is 1. The van der Waals surface area contributed by atoms with E-state index in [2.05, 4.69) is 0 Å². The highest BCUT2D eigenvalue weighted by Crippen LogP contribution is 2.34. The lowest BCUT2D eigenvalue weighted by Crippen LogP contribution is -1.96. The van der Waals surface area contributed by atoms with Gasteiger partial charge in [0, 0.05) is 4.90 Å². The molecule has 2 rings (SSSR count). The molecule has 0 bridgehead atoms. The van der Waals surface area contributed by atoms with E-state index in [0.29, 0.717) is 5.75 Å². The summed E-state index contributed by atoms with van der Waals surface area (Å²) in [4.78, 5) is 0.785. The largest absolute Gasteiger partial charge is 0.450 e. The quantitative estimate of drug-likeness (QED) is 0.860. The van der Waals surface area contributed by atoms with Crippen LogP contribution in [0.5, 0.6) is 11.5 Å². The van der Waals surface area contributed by atoms with Crippen LogP contribution in [0.25, 0.3) is 0 Å². The molecule has 0 aliphatic carbocycles. The third-order valence-corrected chi connectivity index (χ3v) is 3.30. The van der Waals surface area contributed by atoms with Crippen LogP contribution in [0, 0.1) is 11.6 Å². The number of ether oxygens (including phenoxy) is 1. The van der Waals surface area contributed by atoms with Crippen molar-refractivity contribution in [3.05, 3.63) is 53.6 Å². The molecule has 0 radical (unpaired) electrons. The first kappa shape index (κ1) is 13.8. The molecule has 0 saturated heterocycles. The maximum atomic E-state index is 13.7. The summed E-state index contributed by atoms with van der Waals surface area (Å²) in [7, 11) is 0. The lowest BCUT2D eigenvalue weighted by Gasteiger charge is -2.11. The molecule has 2 nitrogen and oxygen atoms in total. The van der Waals surface area contributed by atoms with Crippen molar-refractivity contribution in [2.24, 2.45) is 0 Å². The number of aliphatic hydroxyl groups excluding tert-OH is 1. The van der Waals surface area contributed by atoms with E-state index in [4.69, 9.17) is 9.84 Å². The third-order valence-electron chi connectivity index (χ3n) is 2.52. The second-order valence-electron chi connectivity index (χ2n) is 3.80. The Morgan fingerprint density at radius 3 is 2.37 bits per heavy atom. The number of rotatable bonds is 4. The Bertz CT molecular complexity index is 564. The summed E-state index contributed by atoms with van der Waals surface area (Å²) < 4.78 is 32.8. The van der Waals surface area contributed by atoms with Crippen LogP contribution in [0.15, 0.2) is 41.3 Å². The molecule has 0 saturated carbocycles. The molecule has 0 atom stereocenters. The van der Waals surface area contributed by atoms with Gasteiger partial charge in [0.15, 0.2) is 17.4 Å². The van der Waals surface area contributed by atoms with Crippen LogP contribution >= 0.6 is 11.8 Å². The summed E-state index contributed by atoms with van der Waals surface area (Å²) in [6.45, 7) is -0.421. The summed E-state index contributed by atoms with van der Waals surface area (Å²) >= 11 is 1.42. The maximum absolute atomic E-state index is 13.7. The monoisotopic (exact) mass is 282 g/mol. The van der Waals surface area contributed by atoms with Crippen LogP contribution < -0.4 is 4.74 Å². The van der Waals surface area contributed by atoms with Gasteiger partial charge >= 0.3 is 0 Å². The van der Waals surface area contributed by atoms with Crippen LogP contribution in [0.4, 0.5) is 8.78 Å². The molecule has 5 heteroatoms. The fourth-order valence-corrected chi connectivity index (χ4v) is 2.14. The van der Waals surface area contributed by atoms with Crippen LogP contribution in [0.3, 0.4) is 0 Å². The molecule has 1 N–H and O–H groups in total. The van der Waals surface area contributed by atoms with Gasteiger partial charge in [-0.2, -0.15) is 0 Å². The van der Waals surface area contributed by atoms with Crippen molar-refractivity contribution < 1.29 is 18.6 Å². The first-order valence-corrected chi connectivity index (χ1v) is 6.78. The van der Waals surface area contributed by atoms with Gasteiger partial charge in [-0.25, -0.2) is 8.78 Å². The average Bonchev–Trinajstić information content (AvgIpc) is 2.43. The molecule has 0 unspecified atom stereocenters. The molecule has 19 heavy (non-hydrogen) atoms. The molecule has 0 amide bonds. The number of thioether (sulfide) groups is 1. The number of hydrogen-bond donors (Lipinski definition) is 1. The minimum atomic E-state index is -0.833. The highest BCUT2D eigenvalue weighted by atomic mass is 32.2. The Morgan fingerprint density at radius 2 is 1.79 bits per heavy atom. The fourth-order valence-electron chi connectivity index (χ4n) is 1.61. The van der Waals surface area contributed by atoms with Gasteiger partial charge in [-0.1, -0.05) is 12.1 Å². The lowest BCUT2D eigenvalue weighted by atomic mass is 10.2. The molecular formula is C14H12F2O2S. The first-order valence-electron chi connectivity index (χ1n) is 5.55. The van der Waals surface area contributed by atoms with Gasteiger partial charge in [-0.3, -0.25) is 0 Å².